The first-order valence-corrected chi connectivity index (χ1v) is 17.1. The number of rotatable bonds is 5. The Morgan fingerprint density at radius 1 is 0.298 bits per heavy atom. The predicted molar refractivity (Wildman–Crippen MR) is 240 cm³/mol. The standard InChI is InChI=1S/C54H35N3/c1-3-16-36(17-4-1)40-24-15-25-41(37-18-5-2-6-19-37)54(40)57-51-29-14-10-23-45(51)47-33-31-39(35-53(47)57)56-50-28-13-9-22-44(50)46-32-30-38(34-52(46)56)55-48-26-11-7-20-42(48)43-21-8-12-27-49(43)55/h1-35H/i1D,2D,3D,4D,5D,6D,7D,8D,9D,10D,11D,12D,13D,14D,16D,17D,18D,19D,20D,21D,22D,23D,26D,28D,29D,30D,31D,32D,33D,34D,35D. The van der Waals surface area contributed by atoms with E-state index in [9.17, 15) is 20.6 Å². The van der Waals surface area contributed by atoms with Crippen LogP contribution >= 0.6 is 0 Å². The minimum absolute atomic E-state index is 0.352. The van der Waals surface area contributed by atoms with Crippen LogP contribution in [0.3, 0.4) is 0 Å². The number of hydrogen-bond donors (Lipinski definition) is 0. The molecule has 0 saturated carbocycles. The highest BCUT2D eigenvalue weighted by molar-refractivity contribution is 6.14. The highest BCUT2D eigenvalue weighted by Gasteiger charge is 2.22. The number of para-hydroxylation sites is 5. The Morgan fingerprint density at radius 3 is 1.21 bits per heavy atom. The van der Waals surface area contributed by atoms with Crippen LogP contribution in [0.1, 0.15) is 42.5 Å². The van der Waals surface area contributed by atoms with E-state index < -0.39 is 281 Å². The summed E-state index contributed by atoms with van der Waals surface area (Å²) in [6, 6.07) is -23.1. The van der Waals surface area contributed by atoms with Crippen LogP contribution in [0.2, 0.25) is 0 Å². The fourth-order valence-corrected chi connectivity index (χ4v) is 7.34. The van der Waals surface area contributed by atoms with Gasteiger partial charge in [0.15, 0.2) is 0 Å². The Kier molecular flexibility index (Phi) is 3.02. The van der Waals surface area contributed by atoms with Crippen LogP contribution in [0.4, 0.5) is 0 Å². The Bertz CT molecular complexity index is 5200. The topological polar surface area (TPSA) is 14.8 Å². The Balaban J connectivity index is 1.39. The molecule has 0 bridgehead atoms. The molecule has 3 aromatic heterocycles. The van der Waals surface area contributed by atoms with E-state index in [0.717, 1.165) is 19.8 Å². The second-order valence-electron chi connectivity index (χ2n) is 12.6. The maximum Gasteiger partial charge on any atom is 0.0667 e. The Hall–Kier alpha value is -7.62. The fourth-order valence-electron chi connectivity index (χ4n) is 7.34. The lowest BCUT2D eigenvalue weighted by Crippen LogP contribution is -2.01. The smallest absolute Gasteiger partial charge is 0.0667 e. The third-order valence-corrected chi connectivity index (χ3v) is 9.64. The normalized spacial score (nSPS) is 19.5. The first-order valence-electron chi connectivity index (χ1n) is 32.6. The van der Waals surface area contributed by atoms with Crippen molar-refractivity contribution in [1.82, 2.24) is 13.7 Å². The molecule has 0 amide bonds. The second kappa shape index (κ2) is 12.5. The van der Waals surface area contributed by atoms with Gasteiger partial charge in [0, 0.05) is 54.8 Å². The highest BCUT2D eigenvalue weighted by Crippen LogP contribution is 2.43. The van der Waals surface area contributed by atoms with Crippen LogP contribution in [0, 0.1) is 0 Å². The Labute approximate surface area is 373 Å². The molecule has 3 heteroatoms. The lowest BCUT2D eigenvalue weighted by atomic mass is 9.95. The van der Waals surface area contributed by atoms with E-state index in [4.69, 9.17) is 21.9 Å². The summed E-state index contributed by atoms with van der Waals surface area (Å²) in [5.74, 6) is 0. The molecule has 57 heavy (non-hydrogen) atoms. The zero-order chi connectivity index (χ0) is 64.4. The maximum absolute atomic E-state index is 10.6. The van der Waals surface area contributed by atoms with E-state index in [0.29, 0.717) is 0 Å². The molecule has 0 aliphatic rings. The summed E-state index contributed by atoms with van der Waals surface area (Å²) in [5.41, 5.74) is -8.23. The lowest BCUT2D eigenvalue weighted by Gasteiger charge is -2.19. The van der Waals surface area contributed by atoms with Crippen molar-refractivity contribution >= 4 is 65.4 Å². The molecular weight excluding hydrogens is 691 g/mol. The van der Waals surface area contributed by atoms with Gasteiger partial charge in [-0.1, -0.05) is 163 Å². The minimum Gasteiger partial charge on any atom is -0.309 e. The molecule has 0 aliphatic heterocycles. The number of aromatic nitrogens is 3. The molecule has 0 spiro atoms. The molecule has 3 heterocycles. The van der Waals surface area contributed by atoms with E-state index in [2.05, 4.69) is 0 Å². The van der Waals surface area contributed by atoms with Crippen molar-refractivity contribution in [2.24, 2.45) is 0 Å². The third-order valence-electron chi connectivity index (χ3n) is 9.64. The fraction of sp³-hybridized carbons (Fsp3) is 0. The average Bonchev–Trinajstić information content (AvgIpc) is 1.53. The quantitative estimate of drug-likeness (QED) is 0.166. The van der Waals surface area contributed by atoms with Gasteiger partial charge in [0.1, 0.15) is 0 Å². The number of hydrogen-bond acceptors (Lipinski definition) is 0. The highest BCUT2D eigenvalue weighted by atomic mass is 15.0. The van der Waals surface area contributed by atoms with Gasteiger partial charge in [0.05, 0.1) is 81.3 Å². The van der Waals surface area contributed by atoms with Gasteiger partial charge in [-0.05, 0) is 59.5 Å². The van der Waals surface area contributed by atoms with Gasteiger partial charge in [-0.3, -0.25) is 0 Å². The molecule has 0 aliphatic carbocycles. The molecule has 266 valence electrons. The largest absolute Gasteiger partial charge is 0.309 e. The van der Waals surface area contributed by atoms with Crippen molar-refractivity contribution in [3.63, 3.8) is 0 Å². The molecule has 3 nitrogen and oxygen atoms in total. The molecule has 12 rings (SSSR count). The molecule has 9 aromatic carbocycles. The van der Waals surface area contributed by atoms with Gasteiger partial charge in [0.2, 0.25) is 0 Å². The summed E-state index contributed by atoms with van der Waals surface area (Å²) in [4.78, 5) is 0. The molecular formula is C54H35N3. The molecule has 0 radical (unpaired) electrons. The van der Waals surface area contributed by atoms with Crippen LogP contribution in [0.15, 0.2) is 212 Å². The zero-order valence-electron chi connectivity index (χ0n) is 59.7. The SMILES string of the molecule is [2H]c1cc2c(c([2H])c1[2H])c1c([2H])c([2H])c([2H])c([2H])c1n2-c1c([2H])c([2H])c2c3c([2H])c([2H])c([2H])c([2H])c3n(-c3c([2H])c([2H])c4c5c([2H])c([2H])c([2H])c([2H])c5n(-c5c(-c6c([2H])c([2H])c([2H])c([2H])c6[2H])cccc5-c5c([2H])c([2H])c([2H])c([2H])c5[2H])c4c3[2H])c2c1[2H]. The summed E-state index contributed by atoms with van der Waals surface area (Å²) in [5, 5.41) is -3.24. The van der Waals surface area contributed by atoms with Crippen molar-refractivity contribution < 1.29 is 42.5 Å². The monoisotopic (exact) mass is 756 g/mol. The zero-order valence-corrected chi connectivity index (χ0v) is 28.7. The number of fused-ring (bicyclic) bond motifs is 9. The predicted octanol–water partition coefficient (Wildman–Crippen LogP) is 14.3. The maximum atomic E-state index is 10.6. The third kappa shape index (κ3) is 4.73. The van der Waals surface area contributed by atoms with Crippen LogP contribution < -0.4 is 0 Å². The minimum atomic E-state index is -1.07. The van der Waals surface area contributed by atoms with Gasteiger partial charge < -0.3 is 13.7 Å². The first kappa shape index (κ1) is 13.8. The van der Waals surface area contributed by atoms with Gasteiger partial charge in [-0.25, -0.2) is 0 Å². The molecule has 0 atom stereocenters. The number of nitrogens with zero attached hydrogens (tertiary/aromatic N) is 3. The van der Waals surface area contributed by atoms with E-state index in [-0.39, 0.29) is 10.9 Å². The van der Waals surface area contributed by atoms with Crippen molar-refractivity contribution in [3.8, 4) is 39.3 Å². The van der Waals surface area contributed by atoms with Crippen LogP contribution in [0.25, 0.3) is 105 Å². The van der Waals surface area contributed by atoms with E-state index in [1.807, 2.05) is 0 Å². The van der Waals surface area contributed by atoms with Crippen LogP contribution in [-0.2, 0) is 0 Å². The molecule has 0 unspecified atom stereocenters. The summed E-state index contributed by atoms with van der Waals surface area (Å²) in [6.45, 7) is 0. The van der Waals surface area contributed by atoms with E-state index >= 15 is 0 Å². The van der Waals surface area contributed by atoms with E-state index in [1.165, 1.54) is 18.2 Å². The molecule has 12 aromatic rings. The summed E-state index contributed by atoms with van der Waals surface area (Å²) in [7, 11) is 0. The average molecular weight is 757 g/mol. The van der Waals surface area contributed by atoms with Crippen LogP contribution in [-0.4, -0.2) is 13.7 Å². The lowest BCUT2D eigenvalue weighted by molar-refractivity contribution is 1.15. The summed E-state index contributed by atoms with van der Waals surface area (Å²) < 4.78 is 287. The van der Waals surface area contributed by atoms with Gasteiger partial charge in [-0.2, -0.15) is 0 Å². The van der Waals surface area contributed by atoms with Crippen molar-refractivity contribution in [2.45, 2.75) is 0 Å². The molecule has 0 N–H and O–H groups in total. The first-order chi connectivity index (χ1) is 41.2. The van der Waals surface area contributed by atoms with Gasteiger partial charge in [0.25, 0.3) is 0 Å². The van der Waals surface area contributed by atoms with Gasteiger partial charge in [-0.15, -0.1) is 0 Å². The Morgan fingerprint density at radius 2 is 0.684 bits per heavy atom. The van der Waals surface area contributed by atoms with Crippen molar-refractivity contribution in [2.75, 3.05) is 0 Å². The molecule has 0 saturated heterocycles. The second-order valence-corrected chi connectivity index (χ2v) is 12.6. The van der Waals surface area contributed by atoms with Crippen LogP contribution in [0.5, 0.6) is 0 Å². The van der Waals surface area contributed by atoms with E-state index in [1.54, 1.807) is 0 Å². The van der Waals surface area contributed by atoms with Crippen molar-refractivity contribution in [3.05, 3.63) is 212 Å². The van der Waals surface area contributed by atoms with Gasteiger partial charge >= 0.3 is 0 Å². The number of benzene rings is 9. The molecule has 0 fully saturated rings. The van der Waals surface area contributed by atoms with Crippen molar-refractivity contribution in [1.29, 1.82) is 0 Å². The summed E-state index contributed by atoms with van der Waals surface area (Å²) >= 11 is 0. The summed E-state index contributed by atoms with van der Waals surface area (Å²) in [6.07, 6.45) is 0.